The van der Waals surface area contributed by atoms with Crippen molar-refractivity contribution in [1.82, 2.24) is 9.97 Å². The summed E-state index contributed by atoms with van der Waals surface area (Å²) >= 11 is 0. The van der Waals surface area contributed by atoms with Crippen LogP contribution < -0.4 is 10.9 Å². The van der Waals surface area contributed by atoms with Gasteiger partial charge in [-0.25, -0.2) is 14.8 Å². The highest BCUT2D eigenvalue weighted by Crippen LogP contribution is 2.13. The van der Waals surface area contributed by atoms with Gasteiger partial charge in [-0.15, -0.1) is 0 Å². The molecule has 0 saturated carbocycles. The number of hydrogen-bond donors (Lipinski definition) is 1. The van der Waals surface area contributed by atoms with Gasteiger partial charge in [0.25, 0.3) is 5.91 Å². The number of amides is 1. The van der Waals surface area contributed by atoms with Crippen LogP contribution in [-0.2, 0) is 0 Å². The van der Waals surface area contributed by atoms with Gasteiger partial charge in [0.05, 0.1) is 0 Å². The number of carbonyl (C=O) groups excluding carboxylic acids is 1. The van der Waals surface area contributed by atoms with Crippen LogP contribution in [0.3, 0.4) is 0 Å². The van der Waals surface area contributed by atoms with Crippen LogP contribution in [0.15, 0.2) is 58.1 Å². The summed E-state index contributed by atoms with van der Waals surface area (Å²) in [4.78, 5) is 31.5. The topological polar surface area (TPSA) is 85.1 Å². The molecule has 0 aliphatic rings. The predicted octanol–water partition coefficient (Wildman–Crippen LogP) is 1.84. The monoisotopic (exact) mass is 267 g/mol. The van der Waals surface area contributed by atoms with Gasteiger partial charge in [0.2, 0.25) is 0 Å². The van der Waals surface area contributed by atoms with E-state index in [1.165, 1.54) is 24.7 Å². The second-order valence-corrected chi connectivity index (χ2v) is 4.03. The molecule has 1 N–H and O–H groups in total. The molecule has 0 radical (unpaired) electrons. The normalized spacial score (nSPS) is 10.4. The van der Waals surface area contributed by atoms with Gasteiger partial charge in [0, 0.05) is 11.6 Å². The molecular weight excluding hydrogens is 258 g/mol. The molecule has 98 valence electrons. The first-order valence-corrected chi connectivity index (χ1v) is 5.84. The highest BCUT2D eigenvalue weighted by molar-refractivity contribution is 6.04. The molecule has 6 nitrogen and oxygen atoms in total. The summed E-state index contributed by atoms with van der Waals surface area (Å²) in [5, 5.41) is 3.19. The quantitative estimate of drug-likeness (QED) is 0.716. The summed E-state index contributed by atoms with van der Waals surface area (Å²) in [5.41, 5.74) is -0.311. The molecule has 0 bridgehead atoms. The number of rotatable bonds is 2. The number of anilines is 1. The highest BCUT2D eigenvalue weighted by atomic mass is 16.4. The summed E-state index contributed by atoms with van der Waals surface area (Å²) < 4.78 is 5.10. The van der Waals surface area contributed by atoms with Gasteiger partial charge in [-0.1, -0.05) is 18.2 Å². The van der Waals surface area contributed by atoms with Crippen LogP contribution in [0, 0.1) is 0 Å². The van der Waals surface area contributed by atoms with Crippen molar-refractivity contribution in [2.45, 2.75) is 0 Å². The Kier molecular flexibility index (Phi) is 2.96. The van der Waals surface area contributed by atoms with Gasteiger partial charge in [0.15, 0.2) is 0 Å². The first kappa shape index (κ1) is 12.0. The van der Waals surface area contributed by atoms with E-state index in [9.17, 15) is 9.59 Å². The Morgan fingerprint density at radius 3 is 2.85 bits per heavy atom. The fourth-order valence-corrected chi connectivity index (χ4v) is 1.77. The molecule has 1 aromatic carbocycles. The van der Waals surface area contributed by atoms with Crippen molar-refractivity contribution >= 4 is 22.7 Å². The Hall–Kier alpha value is -3.02. The SMILES string of the molecule is O=C(Nc1ccncn1)c1cc2ccccc2oc1=O. The van der Waals surface area contributed by atoms with Crippen LogP contribution in [0.1, 0.15) is 10.4 Å². The predicted molar refractivity (Wildman–Crippen MR) is 72.5 cm³/mol. The van der Waals surface area contributed by atoms with Crippen LogP contribution in [0.5, 0.6) is 0 Å². The summed E-state index contributed by atoms with van der Waals surface area (Å²) in [7, 11) is 0. The molecule has 2 heterocycles. The molecule has 0 spiro atoms. The lowest BCUT2D eigenvalue weighted by molar-refractivity contribution is 0.102. The van der Waals surface area contributed by atoms with E-state index in [2.05, 4.69) is 15.3 Å². The zero-order valence-corrected chi connectivity index (χ0v) is 10.2. The third-order valence-electron chi connectivity index (χ3n) is 2.71. The first-order chi connectivity index (χ1) is 9.74. The van der Waals surface area contributed by atoms with Crippen molar-refractivity contribution in [2.24, 2.45) is 0 Å². The minimum atomic E-state index is -0.685. The number of benzene rings is 1. The smallest absolute Gasteiger partial charge is 0.349 e. The number of nitrogens with one attached hydrogen (secondary N) is 1. The molecule has 20 heavy (non-hydrogen) atoms. The standard InChI is InChI=1S/C14H9N3O3/c18-13(17-12-5-6-15-8-16-12)10-7-9-3-1-2-4-11(9)20-14(10)19/h1-8H,(H,15,16,17,18). The van der Waals surface area contributed by atoms with E-state index in [1.807, 2.05) is 0 Å². The molecule has 0 saturated heterocycles. The number of para-hydroxylation sites is 1. The molecule has 3 aromatic rings. The van der Waals surface area contributed by atoms with Gasteiger partial charge in [-0.2, -0.15) is 0 Å². The van der Waals surface area contributed by atoms with Crippen LogP contribution >= 0.6 is 0 Å². The molecule has 0 unspecified atom stereocenters. The fraction of sp³-hybridized carbons (Fsp3) is 0. The number of aromatic nitrogens is 2. The van der Waals surface area contributed by atoms with E-state index in [1.54, 1.807) is 24.3 Å². The van der Waals surface area contributed by atoms with Crippen LogP contribution in [-0.4, -0.2) is 15.9 Å². The largest absolute Gasteiger partial charge is 0.422 e. The lowest BCUT2D eigenvalue weighted by Crippen LogP contribution is -2.21. The maximum absolute atomic E-state index is 12.0. The zero-order valence-electron chi connectivity index (χ0n) is 10.2. The third kappa shape index (κ3) is 2.26. The molecule has 0 aliphatic carbocycles. The van der Waals surface area contributed by atoms with Crippen molar-refractivity contribution < 1.29 is 9.21 Å². The minimum Gasteiger partial charge on any atom is -0.422 e. The Bertz CT molecular complexity index is 828. The Morgan fingerprint density at radius 2 is 2.05 bits per heavy atom. The summed E-state index contributed by atoms with van der Waals surface area (Å²) in [6.45, 7) is 0. The van der Waals surface area contributed by atoms with Gasteiger partial charge < -0.3 is 9.73 Å². The van der Waals surface area contributed by atoms with E-state index in [0.717, 1.165) is 0 Å². The van der Waals surface area contributed by atoms with Crippen LogP contribution in [0.2, 0.25) is 0 Å². The number of fused-ring (bicyclic) bond motifs is 1. The van der Waals surface area contributed by atoms with Crippen molar-refractivity contribution in [2.75, 3.05) is 5.32 Å². The first-order valence-electron chi connectivity index (χ1n) is 5.84. The molecule has 1 amide bonds. The zero-order chi connectivity index (χ0) is 13.9. The van der Waals surface area contributed by atoms with Gasteiger partial charge in [-0.3, -0.25) is 4.79 Å². The summed E-state index contributed by atoms with van der Waals surface area (Å²) in [6, 6.07) is 10.0. The molecule has 2 aromatic heterocycles. The second-order valence-electron chi connectivity index (χ2n) is 4.03. The van der Waals surface area contributed by atoms with Crippen molar-refractivity contribution in [1.29, 1.82) is 0 Å². The van der Waals surface area contributed by atoms with E-state index in [-0.39, 0.29) is 5.56 Å². The van der Waals surface area contributed by atoms with E-state index in [4.69, 9.17) is 4.42 Å². The average Bonchev–Trinajstić information content (AvgIpc) is 2.47. The van der Waals surface area contributed by atoms with Crippen LogP contribution in [0.4, 0.5) is 5.82 Å². The molecule has 6 heteroatoms. The molecule has 0 fully saturated rings. The lowest BCUT2D eigenvalue weighted by atomic mass is 10.2. The molecular formula is C14H9N3O3. The van der Waals surface area contributed by atoms with Crippen molar-refractivity contribution in [3.05, 3.63) is 64.9 Å². The Morgan fingerprint density at radius 1 is 1.20 bits per heavy atom. The number of nitrogens with zero attached hydrogens (tertiary/aromatic N) is 2. The van der Waals surface area contributed by atoms with E-state index >= 15 is 0 Å². The molecule has 0 aliphatic heterocycles. The maximum Gasteiger partial charge on any atom is 0.349 e. The van der Waals surface area contributed by atoms with E-state index in [0.29, 0.717) is 16.8 Å². The molecule has 0 atom stereocenters. The summed E-state index contributed by atoms with van der Waals surface area (Å²) in [5.74, 6) is -0.249. The number of hydrogen-bond acceptors (Lipinski definition) is 5. The second kappa shape index (κ2) is 4.93. The summed E-state index contributed by atoms with van der Waals surface area (Å²) in [6.07, 6.45) is 2.80. The van der Waals surface area contributed by atoms with Crippen LogP contribution in [0.25, 0.3) is 11.0 Å². The van der Waals surface area contributed by atoms with E-state index < -0.39 is 11.5 Å². The minimum absolute atomic E-state index is 0.0673. The van der Waals surface area contributed by atoms with Crippen molar-refractivity contribution in [3.8, 4) is 0 Å². The third-order valence-corrected chi connectivity index (χ3v) is 2.71. The Balaban J connectivity index is 1.99. The van der Waals surface area contributed by atoms with Gasteiger partial charge >= 0.3 is 5.63 Å². The van der Waals surface area contributed by atoms with Crippen molar-refractivity contribution in [3.63, 3.8) is 0 Å². The maximum atomic E-state index is 12.0. The fourth-order valence-electron chi connectivity index (χ4n) is 1.77. The Labute approximate surface area is 113 Å². The molecule has 3 rings (SSSR count). The lowest BCUT2D eigenvalue weighted by Gasteiger charge is -2.03. The highest BCUT2D eigenvalue weighted by Gasteiger charge is 2.14. The van der Waals surface area contributed by atoms with Gasteiger partial charge in [0.1, 0.15) is 23.3 Å². The number of carbonyl (C=O) groups is 1. The average molecular weight is 267 g/mol. The van der Waals surface area contributed by atoms with Gasteiger partial charge in [-0.05, 0) is 18.2 Å².